The molecule has 1 saturated heterocycles. The maximum atomic E-state index is 12.6. The van der Waals surface area contributed by atoms with Gasteiger partial charge >= 0.3 is 23.9 Å². The molecule has 2 rings (SSSR count). The Hall–Kier alpha value is -3.48. The first-order chi connectivity index (χ1) is 17.0. The summed E-state index contributed by atoms with van der Waals surface area (Å²) in [6.45, 7) is -1.09. The van der Waals surface area contributed by atoms with Crippen molar-refractivity contribution in [3.05, 3.63) is 35.4 Å². The number of hydrogen-bond donors (Lipinski definition) is 1. The molecule has 1 aromatic carbocycles. The lowest BCUT2D eigenvalue weighted by molar-refractivity contribution is -0.157. The van der Waals surface area contributed by atoms with Gasteiger partial charge in [0.25, 0.3) is 0 Å². The van der Waals surface area contributed by atoms with E-state index >= 15 is 0 Å². The summed E-state index contributed by atoms with van der Waals surface area (Å²) in [5.41, 5.74) is 1.15. The summed E-state index contributed by atoms with van der Waals surface area (Å²) in [7, 11) is 1.77. The lowest BCUT2D eigenvalue weighted by Crippen LogP contribution is -2.23. The molecule has 0 radical (unpaired) electrons. The molecule has 0 aliphatic carbocycles. The van der Waals surface area contributed by atoms with Crippen molar-refractivity contribution >= 4 is 35.6 Å². The van der Waals surface area contributed by atoms with Crippen LogP contribution in [0.1, 0.15) is 5.56 Å². The average molecular weight is 495 g/mol. The average Bonchev–Trinajstić information content (AvgIpc) is 2.85. The number of benzene rings is 1. The van der Waals surface area contributed by atoms with Gasteiger partial charge in [-0.15, -0.1) is 0 Å². The second-order valence-corrected chi connectivity index (χ2v) is 6.86. The van der Waals surface area contributed by atoms with E-state index in [4.69, 9.17) is 33.2 Å². The number of rotatable bonds is 2. The van der Waals surface area contributed by atoms with Crippen molar-refractivity contribution in [2.45, 2.75) is 0 Å². The number of carbonyl (C=O) groups excluding carboxylic acids is 4. The fourth-order valence-corrected chi connectivity index (χ4v) is 2.59. The molecule has 1 fully saturated rings. The van der Waals surface area contributed by atoms with Crippen LogP contribution in [-0.4, -0.2) is 97.0 Å². The Labute approximate surface area is 202 Å². The highest BCUT2D eigenvalue weighted by molar-refractivity contribution is 6.17. The minimum atomic E-state index is -0.880. The van der Waals surface area contributed by atoms with Crippen LogP contribution in [0.3, 0.4) is 0 Å². The highest BCUT2D eigenvalue weighted by Crippen LogP contribution is 2.14. The summed E-state index contributed by atoms with van der Waals surface area (Å²) in [5, 5.41) is 2.98. The first-order valence-electron chi connectivity index (χ1n) is 10.9. The van der Waals surface area contributed by atoms with Gasteiger partial charge in [-0.05, 0) is 23.8 Å². The molecule has 1 N–H and O–H groups in total. The number of hydrogen-bond acceptors (Lipinski definition) is 12. The molecule has 1 aromatic rings. The molecular weight excluding hydrogens is 466 g/mol. The van der Waals surface area contributed by atoms with Crippen molar-refractivity contribution in [2.75, 3.05) is 78.4 Å². The number of nitrogens with one attached hydrogen (secondary N) is 1. The van der Waals surface area contributed by atoms with Crippen LogP contribution in [0.25, 0.3) is 6.08 Å². The van der Waals surface area contributed by atoms with Gasteiger partial charge in [0.1, 0.15) is 45.2 Å². The van der Waals surface area contributed by atoms with Crippen molar-refractivity contribution in [1.29, 1.82) is 0 Å². The molecule has 0 unspecified atom stereocenters. The molecule has 1 aliphatic rings. The van der Waals surface area contributed by atoms with Gasteiger partial charge in [-0.3, -0.25) is 0 Å². The predicted octanol–water partition coefficient (Wildman–Crippen LogP) is 0.348. The lowest BCUT2D eigenvalue weighted by Gasteiger charge is -2.11. The van der Waals surface area contributed by atoms with E-state index in [1.807, 2.05) is 0 Å². The van der Waals surface area contributed by atoms with Crippen LogP contribution in [-0.2, 0) is 52.3 Å². The minimum absolute atomic E-state index is 0.0126. The van der Waals surface area contributed by atoms with Crippen LogP contribution in [0.4, 0.5) is 5.69 Å². The molecule has 0 bridgehead atoms. The normalized spacial score (nSPS) is 18.6. The highest BCUT2D eigenvalue weighted by atomic mass is 16.6. The van der Waals surface area contributed by atoms with E-state index in [-0.39, 0.29) is 58.4 Å². The predicted molar refractivity (Wildman–Crippen MR) is 120 cm³/mol. The zero-order valence-corrected chi connectivity index (χ0v) is 19.4. The number of carbonyl (C=O) groups is 4. The number of anilines is 1. The maximum Gasteiger partial charge on any atom is 0.345 e. The topological polar surface area (TPSA) is 145 Å². The van der Waals surface area contributed by atoms with Crippen LogP contribution < -0.4 is 5.32 Å². The lowest BCUT2D eigenvalue weighted by atomic mass is 10.1. The van der Waals surface area contributed by atoms with Gasteiger partial charge in [-0.1, -0.05) is 12.1 Å². The molecule has 35 heavy (non-hydrogen) atoms. The second-order valence-electron chi connectivity index (χ2n) is 6.86. The van der Waals surface area contributed by atoms with Crippen molar-refractivity contribution in [3.8, 4) is 0 Å². The molecule has 192 valence electrons. The Morgan fingerprint density at radius 3 is 1.54 bits per heavy atom. The minimum Gasteiger partial charge on any atom is -0.462 e. The Morgan fingerprint density at radius 1 is 0.629 bits per heavy atom. The third-order valence-corrected chi connectivity index (χ3v) is 4.29. The van der Waals surface area contributed by atoms with Gasteiger partial charge in [0.05, 0.1) is 26.4 Å². The third-order valence-electron chi connectivity index (χ3n) is 4.29. The first-order valence-corrected chi connectivity index (χ1v) is 10.9. The first kappa shape index (κ1) is 27.8. The van der Waals surface area contributed by atoms with Gasteiger partial charge in [0.2, 0.25) is 0 Å². The van der Waals surface area contributed by atoms with E-state index in [1.54, 1.807) is 31.3 Å². The summed E-state index contributed by atoms with van der Waals surface area (Å²) >= 11 is 0. The van der Waals surface area contributed by atoms with Crippen molar-refractivity contribution in [1.82, 2.24) is 0 Å². The molecule has 0 aromatic heterocycles. The summed E-state index contributed by atoms with van der Waals surface area (Å²) in [4.78, 5) is 48.2. The van der Waals surface area contributed by atoms with Crippen molar-refractivity contribution in [3.63, 3.8) is 0 Å². The maximum absolute atomic E-state index is 12.6. The van der Waals surface area contributed by atoms with E-state index in [0.717, 1.165) is 5.69 Å². The highest BCUT2D eigenvalue weighted by Gasteiger charge is 2.22. The Morgan fingerprint density at radius 2 is 1.09 bits per heavy atom. The molecule has 12 heteroatoms. The van der Waals surface area contributed by atoms with E-state index in [2.05, 4.69) is 5.32 Å². The van der Waals surface area contributed by atoms with Gasteiger partial charge in [0, 0.05) is 12.7 Å². The Balaban J connectivity index is 1.99. The zero-order valence-electron chi connectivity index (χ0n) is 19.4. The summed E-state index contributed by atoms with van der Waals surface area (Å²) < 4.78 is 35.4. The molecule has 0 atom stereocenters. The van der Waals surface area contributed by atoms with Gasteiger partial charge in [0.15, 0.2) is 0 Å². The zero-order chi connectivity index (χ0) is 25.3. The number of ether oxygens (including phenoxy) is 7. The molecular formula is C23H29NO11. The summed E-state index contributed by atoms with van der Waals surface area (Å²) in [6.07, 6.45) is 1.37. The Bertz CT molecular complexity index is 823. The van der Waals surface area contributed by atoms with Crippen molar-refractivity contribution < 1.29 is 52.3 Å². The monoisotopic (exact) mass is 495 g/mol. The molecule has 0 spiro atoms. The smallest absolute Gasteiger partial charge is 0.345 e. The van der Waals surface area contributed by atoms with E-state index in [1.165, 1.54) is 6.08 Å². The van der Waals surface area contributed by atoms with E-state index in [9.17, 15) is 19.2 Å². The second kappa shape index (κ2) is 16.2. The number of esters is 4. The Kier molecular flexibility index (Phi) is 12.8. The third kappa shape index (κ3) is 11.5. The van der Waals surface area contributed by atoms with Crippen LogP contribution in [0, 0.1) is 0 Å². The van der Waals surface area contributed by atoms with Crippen molar-refractivity contribution in [2.24, 2.45) is 0 Å². The number of cyclic esters (lactones) is 4. The largest absolute Gasteiger partial charge is 0.462 e. The van der Waals surface area contributed by atoms with Gasteiger partial charge in [-0.25, -0.2) is 19.2 Å². The van der Waals surface area contributed by atoms with Crippen LogP contribution >= 0.6 is 0 Å². The van der Waals surface area contributed by atoms with Crippen LogP contribution in [0.15, 0.2) is 29.8 Å². The van der Waals surface area contributed by atoms with E-state index < -0.39 is 37.1 Å². The quantitative estimate of drug-likeness (QED) is 0.261. The molecule has 1 heterocycles. The van der Waals surface area contributed by atoms with Gasteiger partial charge < -0.3 is 38.5 Å². The molecule has 12 nitrogen and oxygen atoms in total. The summed E-state index contributed by atoms with van der Waals surface area (Å²) in [5.74, 6) is -3.10. The van der Waals surface area contributed by atoms with E-state index in [0.29, 0.717) is 5.56 Å². The van der Waals surface area contributed by atoms with Crippen LogP contribution in [0.5, 0.6) is 0 Å². The SMILES string of the molecule is CNc1ccc(C=C2C(=O)OCCOCCOC(=O)COCC(=O)OCCOCCOC2=O)cc1. The fraction of sp³-hybridized carbons (Fsp3) is 0.478. The standard InChI is InChI=1S/C23H29NO11/c1-24-18-4-2-17(3-5-18)14-19-22(27)34-12-8-29-6-10-32-20(25)15-31-16-21(26)33-11-7-30-9-13-35-23(19)28/h2-5,14,24H,6-13,15-16H2,1H3. The van der Waals surface area contributed by atoms with Crippen LogP contribution in [0.2, 0.25) is 0 Å². The molecule has 0 amide bonds. The molecule has 0 saturated carbocycles. The molecule has 1 aliphatic heterocycles. The summed E-state index contributed by atoms with van der Waals surface area (Å²) in [6, 6.07) is 7.02. The fourth-order valence-electron chi connectivity index (χ4n) is 2.59. The van der Waals surface area contributed by atoms with Gasteiger partial charge in [-0.2, -0.15) is 0 Å².